The van der Waals surface area contributed by atoms with Crippen molar-refractivity contribution in [2.45, 2.75) is 68.9 Å². The van der Waals surface area contributed by atoms with Gasteiger partial charge in [-0.3, -0.25) is 0 Å². The van der Waals surface area contributed by atoms with Crippen LogP contribution in [0.25, 0.3) is 5.57 Å². The minimum Gasteiger partial charge on any atom is -0.335 e. The third-order valence-electron chi connectivity index (χ3n) is 11.5. The van der Waals surface area contributed by atoms with Gasteiger partial charge in [-0.15, -0.1) is 0 Å². The van der Waals surface area contributed by atoms with Crippen LogP contribution in [0.4, 0.5) is 17.1 Å². The minimum atomic E-state index is 0.309. The van der Waals surface area contributed by atoms with Crippen LogP contribution in [0.3, 0.4) is 0 Å². The lowest BCUT2D eigenvalue weighted by molar-refractivity contribution is 0.576. The average molecular weight is 651 g/mol. The van der Waals surface area contributed by atoms with Gasteiger partial charge in [-0.05, 0) is 109 Å². The maximum Gasteiger partial charge on any atom is 0.0629 e. The molecule has 1 heterocycles. The topological polar surface area (TPSA) is 6.48 Å². The Morgan fingerprint density at radius 1 is 0.680 bits per heavy atom. The van der Waals surface area contributed by atoms with Crippen molar-refractivity contribution in [3.8, 4) is 0 Å². The molecule has 5 unspecified atom stereocenters. The van der Waals surface area contributed by atoms with Gasteiger partial charge in [0.25, 0.3) is 0 Å². The molecule has 1 aliphatic heterocycles. The van der Waals surface area contributed by atoms with E-state index in [1.165, 1.54) is 57.0 Å². The Bertz CT molecular complexity index is 2030. The molecule has 9 rings (SSSR count). The summed E-state index contributed by atoms with van der Waals surface area (Å²) in [6, 6.07) is 28.3. The first-order valence-corrected chi connectivity index (χ1v) is 18.8. The van der Waals surface area contributed by atoms with Gasteiger partial charge in [-0.2, -0.15) is 0 Å². The number of rotatable bonds is 7. The molecule has 50 heavy (non-hydrogen) atoms. The molecular formula is C48H46N2. The fraction of sp³-hybridized carbons (Fsp3) is 0.250. The quantitative estimate of drug-likeness (QED) is 0.235. The lowest BCUT2D eigenvalue weighted by Crippen LogP contribution is -2.35. The van der Waals surface area contributed by atoms with Crippen LogP contribution in [0.1, 0.15) is 73.5 Å². The van der Waals surface area contributed by atoms with E-state index in [1.54, 1.807) is 0 Å². The summed E-state index contributed by atoms with van der Waals surface area (Å²) in [7, 11) is 0. The second kappa shape index (κ2) is 13.7. The van der Waals surface area contributed by atoms with E-state index in [1.807, 2.05) is 0 Å². The van der Waals surface area contributed by atoms with Gasteiger partial charge >= 0.3 is 0 Å². The highest BCUT2D eigenvalue weighted by molar-refractivity contribution is 5.76. The van der Waals surface area contributed by atoms with Crippen LogP contribution in [0.5, 0.6) is 0 Å². The first kappa shape index (κ1) is 30.9. The number of para-hydroxylation sites is 1. The van der Waals surface area contributed by atoms with E-state index < -0.39 is 0 Å². The number of allylic oxidation sites excluding steroid dienone is 14. The molecule has 2 heteroatoms. The van der Waals surface area contributed by atoms with Crippen LogP contribution >= 0.6 is 0 Å². The molecule has 248 valence electrons. The molecule has 0 aromatic heterocycles. The maximum atomic E-state index is 2.60. The monoisotopic (exact) mass is 650 g/mol. The molecule has 5 aliphatic carbocycles. The number of hydrogen-bond donors (Lipinski definition) is 0. The summed E-state index contributed by atoms with van der Waals surface area (Å²) in [6.45, 7) is 0. The molecule has 3 aromatic carbocycles. The summed E-state index contributed by atoms with van der Waals surface area (Å²) in [5, 5.41) is 0. The van der Waals surface area contributed by atoms with Crippen molar-refractivity contribution in [2.24, 2.45) is 5.92 Å². The van der Waals surface area contributed by atoms with E-state index in [-0.39, 0.29) is 0 Å². The smallest absolute Gasteiger partial charge is 0.0629 e. The highest BCUT2D eigenvalue weighted by atomic mass is 15.2. The van der Waals surface area contributed by atoms with Crippen molar-refractivity contribution in [3.63, 3.8) is 0 Å². The molecule has 0 radical (unpaired) electrons. The zero-order valence-corrected chi connectivity index (χ0v) is 28.8. The summed E-state index contributed by atoms with van der Waals surface area (Å²) in [6.07, 6.45) is 43.1. The summed E-state index contributed by atoms with van der Waals surface area (Å²) >= 11 is 0. The van der Waals surface area contributed by atoms with E-state index in [4.69, 9.17) is 0 Å². The molecule has 0 bridgehead atoms. The third-order valence-corrected chi connectivity index (χ3v) is 11.5. The van der Waals surface area contributed by atoms with Gasteiger partial charge in [-0.1, -0.05) is 128 Å². The van der Waals surface area contributed by atoms with Crippen molar-refractivity contribution in [1.29, 1.82) is 0 Å². The Labute approximate surface area is 298 Å². The van der Waals surface area contributed by atoms with Crippen molar-refractivity contribution in [3.05, 3.63) is 192 Å². The minimum absolute atomic E-state index is 0.309. The first-order valence-electron chi connectivity index (χ1n) is 18.8. The zero-order chi connectivity index (χ0) is 33.3. The molecule has 0 amide bonds. The number of anilines is 3. The normalized spacial score (nSPS) is 26.3. The number of nitrogens with zero attached hydrogens (tertiary/aromatic N) is 2. The number of fused-ring (bicyclic) bond motifs is 3. The van der Waals surface area contributed by atoms with Gasteiger partial charge < -0.3 is 9.80 Å². The highest BCUT2D eigenvalue weighted by Gasteiger charge is 2.37. The molecule has 0 saturated heterocycles. The van der Waals surface area contributed by atoms with E-state index in [2.05, 4.69) is 174 Å². The molecule has 6 aliphatic rings. The Kier molecular flexibility index (Phi) is 8.46. The lowest BCUT2D eigenvalue weighted by Gasteiger charge is -2.37. The van der Waals surface area contributed by atoms with Gasteiger partial charge in [-0.25, -0.2) is 0 Å². The fourth-order valence-electron chi connectivity index (χ4n) is 8.95. The van der Waals surface area contributed by atoms with Crippen molar-refractivity contribution in [2.75, 3.05) is 9.80 Å². The lowest BCUT2D eigenvalue weighted by atomic mass is 9.85. The Hall–Kier alpha value is -5.08. The van der Waals surface area contributed by atoms with E-state index in [9.17, 15) is 0 Å². The maximum absolute atomic E-state index is 2.60. The van der Waals surface area contributed by atoms with Crippen LogP contribution < -0.4 is 9.80 Å². The van der Waals surface area contributed by atoms with Gasteiger partial charge in [0.1, 0.15) is 0 Å². The third kappa shape index (κ3) is 5.92. The summed E-state index contributed by atoms with van der Waals surface area (Å²) in [5.74, 6) is 1.28. The van der Waals surface area contributed by atoms with Crippen LogP contribution in [-0.2, 0) is 0 Å². The SMILES string of the molecule is C1=CCCC(c2ccc(N(C3=CCC(C4=CCCC=C4)C=C3)C3C=CC(c4cccc(N5c6ccccc6C6C=CC=CC65)c4)CC3)cc2)=C1. The van der Waals surface area contributed by atoms with E-state index in [0.29, 0.717) is 29.8 Å². The van der Waals surface area contributed by atoms with Gasteiger partial charge in [0.2, 0.25) is 0 Å². The predicted molar refractivity (Wildman–Crippen MR) is 212 cm³/mol. The number of benzene rings is 3. The summed E-state index contributed by atoms with van der Waals surface area (Å²) in [4.78, 5) is 5.16. The largest absolute Gasteiger partial charge is 0.335 e. The predicted octanol–water partition coefficient (Wildman–Crippen LogP) is 12.2. The highest BCUT2D eigenvalue weighted by Crippen LogP contribution is 2.48. The molecule has 3 aromatic rings. The fourth-order valence-corrected chi connectivity index (χ4v) is 8.95. The zero-order valence-electron chi connectivity index (χ0n) is 28.8. The second-order valence-corrected chi connectivity index (χ2v) is 14.5. The molecule has 5 atom stereocenters. The van der Waals surface area contributed by atoms with Gasteiger partial charge in [0.15, 0.2) is 0 Å². The molecule has 2 nitrogen and oxygen atoms in total. The Morgan fingerprint density at radius 3 is 2.40 bits per heavy atom. The van der Waals surface area contributed by atoms with Crippen LogP contribution in [0.15, 0.2) is 175 Å². The Morgan fingerprint density at radius 2 is 1.60 bits per heavy atom. The standard InChI is InChI=1S/C48H46N2/c1-3-12-35(13-4-1)37-22-28-41(29-23-37)49(42-30-24-38(25-31-42)36-14-5-2-6-15-36)43-32-26-39(27-33-43)40-16-11-17-44(34-40)50-47-20-9-7-18-45(47)46-19-8-10-21-48(46)50/h1,3,5,7-12,14-24,26,28-32,34,38-39,43,45,47H,2,4,6,13,25,27,33H2. The second-order valence-electron chi connectivity index (χ2n) is 14.5. The van der Waals surface area contributed by atoms with Crippen LogP contribution in [0, 0.1) is 5.92 Å². The van der Waals surface area contributed by atoms with Crippen molar-refractivity contribution >= 4 is 22.6 Å². The van der Waals surface area contributed by atoms with Crippen LogP contribution in [0.2, 0.25) is 0 Å². The molecule has 0 fully saturated rings. The van der Waals surface area contributed by atoms with E-state index >= 15 is 0 Å². The summed E-state index contributed by atoms with van der Waals surface area (Å²) < 4.78 is 0. The molecule has 0 spiro atoms. The average Bonchev–Trinajstić information content (AvgIpc) is 3.54. The van der Waals surface area contributed by atoms with E-state index in [0.717, 1.165) is 38.5 Å². The molecular weight excluding hydrogens is 605 g/mol. The Balaban J connectivity index is 0.987. The van der Waals surface area contributed by atoms with Crippen LogP contribution in [-0.4, -0.2) is 12.1 Å². The molecule has 0 saturated carbocycles. The van der Waals surface area contributed by atoms with Crippen molar-refractivity contribution in [1.82, 2.24) is 0 Å². The van der Waals surface area contributed by atoms with Gasteiger partial charge in [0.05, 0.1) is 12.1 Å². The van der Waals surface area contributed by atoms with Gasteiger partial charge in [0, 0.05) is 40.5 Å². The molecule has 0 N–H and O–H groups in total. The summed E-state index contributed by atoms with van der Waals surface area (Å²) in [5.41, 5.74) is 12.3. The van der Waals surface area contributed by atoms with Crippen molar-refractivity contribution < 1.29 is 0 Å². The first-order chi connectivity index (χ1) is 24.8. The number of hydrogen-bond acceptors (Lipinski definition) is 2.